The van der Waals surface area contributed by atoms with Gasteiger partial charge in [0, 0.05) is 31.9 Å². The van der Waals surface area contributed by atoms with Crippen molar-refractivity contribution in [1.29, 1.82) is 0 Å². The van der Waals surface area contributed by atoms with Gasteiger partial charge in [-0.1, -0.05) is 17.7 Å². The topological polar surface area (TPSA) is 74.2 Å². The standard InChI is InChI=1S/C16H20N6O/c1-12-3-4-14(13(2)9-12)18-16-19-15(10-17-20-16)22-7-5-21(11-23)6-8-22/h3-4,9-11H,5-8H2,1-2H3,(H,18,19,20). The Morgan fingerprint density at radius 1 is 1.17 bits per heavy atom. The molecule has 1 N–H and O–H groups in total. The molecule has 7 nitrogen and oxygen atoms in total. The Hall–Kier alpha value is -2.70. The van der Waals surface area contributed by atoms with Crippen molar-refractivity contribution in [2.24, 2.45) is 0 Å². The highest BCUT2D eigenvalue weighted by molar-refractivity contribution is 5.59. The maximum absolute atomic E-state index is 10.8. The molecular weight excluding hydrogens is 292 g/mol. The number of hydrogen-bond donors (Lipinski definition) is 1. The van der Waals surface area contributed by atoms with Gasteiger partial charge in [0.15, 0.2) is 5.82 Å². The molecule has 1 aromatic carbocycles. The van der Waals surface area contributed by atoms with Gasteiger partial charge in [-0.15, -0.1) is 5.10 Å². The van der Waals surface area contributed by atoms with Gasteiger partial charge < -0.3 is 15.1 Å². The summed E-state index contributed by atoms with van der Waals surface area (Å²) in [4.78, 5) is 19.2. The van der Waals surface area contributed by atoms with Gasteiger partial charge in [0.2, 0.25) is 12.4 Å². The van der Waals surface area contributed by atoms with Crippen molar-refractivity contribution >= 4 is 23.9 Å². The zero-order chi connectivity index (χ0) is 16.2. The molecule has 2 aromatic rings. The Morgan fingerprint density at radius 3 is 2.65 bits per heavy atom. The molecule has 1 aliphatic rings. The number of anilines is 3. The summed E-state index contributed by atoms with van der Waals surface area (Å²) in [5.74, 6) is 1.25. The van der Waals surface area contributed by atoms with Crippen molar-refractivity contribution in [3.05, 3.63) is 35.5 Å². The molecule has 0 atom stereocenters. The van der Waals surface area contributed by atoms with Gasteiger partial charge in [0.1, 0.15) is 0 Å². The van der Waals surface area contributed by atoms with Crippen LogP contribution in [0.2, 0.25) is 0 Å². The molecule has 0 saturated carbocycles. The lowest BCUT2D eigenvalue weighted by atomic mass is 10.1. The first-order valence-electron chi connectivity index (χ1n) is 7.64. The van der Waals surface area contributed by atoms with Crippen LogP contribution >= 0.6 is 0 Å². The summed E-state index contributed by atoms with van der Waals surface area (Å²) in [5.41, 5.74) is 3.33. The number of carbonyl (C=O) groups excluding carboxylic acids is 1. The van der Waals surface area contributed by atoms with E-state index < -0.39 is 0 Å². The third-order valence-corrected chi connectivity index (χ3v) is 3.96. The Labute approximate surface area is 135 Å². The van der Waals surface area contributed by atoms with Crippen LogP contribution in [0.15, 0.2) is 24.4 Å². The molecule has 1 saturated heterocycles. The fourth-order valence-electron chi connectivity index (χ4n) is 2.63. The molecule has 0 unspecified atom stereocenters. The van der Waals surface area contributed by atoms with E-state index in [0.717, 1.165) is 36.6 Å². The van der Waals surface area contributed by atoms with Crippen molar-refractivity contribution in [1.82, 2.24) is 20.1 Å². The largest absolute Gasteiger partial charge is 0.352 e. The van der Waals surface area contributed by atoms with Gasteiger partial charge in [-0.05, 0) is 25.5 Å². The highest BCUT2D eigenvalue weighted by Crippen LogP contribution is 2.20. The summed E-state index contributed by atoms with van der Waals surface area (Å²) < 4.78 is 0. The predicted molar refractivity (Wildman–Crippen MR) is 88.9 cm³/mol. The molecule has 0 spiro atoms. The Bertz CT molecular complexity index is 697. The summed E-state index contributed by atoms with van der Waals surface area (Å²) in [5, 5.41) is 11.3. The van der Waals surface area contributed by atoms with Crippen LogP contribution in [0.4, 0.5) is 17.5 Å². The van der Waals surface area contributed by atoms with Crippen LogP contribution in [0.25, 0.3) is 0 Å². The molecule has 1 aromatic heterocycles. The monoisotopic (exact) mass is 312 g/mol. The lowest BCUT2D eigenvalue weighted by Crippen LogP contribution is -2.46. The summed E-state index contributed by atoms with van der Waals surface area (Å²) in [6.45, 7) is 7.02. The number of aromatic nitrogens is 3. The minimum atomic E-state index is 0.479. The Kier molecular flexibility index (Phi) is 4.36. The minimum absolute atomic E-state index is 0.479. The quantitative estimate of drug-likeness (QED) is 0.863. The maximum Gasteiger partial charge on any atom is 0.249 e. The van der Waals surface area contributed by atoms with Gasteiger partial charge in [-0.2, -0.15) is 10.1 Å². The number of benzene rings is 1. The van der Waals surface area contributed by atoms with E-state index in [2.05, 4.69) is 38.4 Å². The van der Waals surface area contributed by atoms with Crippen molar-refractivity contribution in [2.45, 2.75) is 13.8 Å². The average Bonchev–Trinajstić information content (AvgIpc) is 2.58. The summed E-state index contributed by atoms with van der Waals surface area (Å²) in [6, 6.07) is 6.17. The molecule has 0 aliphatic carbocycles. The van der Waals surface area contributed by atoms with E-state index in [-0.39, 0.29) is 0 Å². The molecule has 120 valence electrons. The Morgan fingerprint density at radius 2 is 1.96 bits per heavy atom. The average molecular weight is 312 g/mol. The SMILES string of the molecule is Cc1ccc(Nc2nncc(N3CCN(C=O)CC3)n2)c(C)c1. The number of nitrogens with one attached hydrogen (secondary N) is 1. The van der Waals surface area contributed by atoms with E-state index in [4.69, 9.17) is 0 Å². The summed E-state index contributed by atoms with van der Waals surface area (Å²) in [7, 11) is 0. The maximum atomic E-state index is 10.8. The zero-order valence-corrected chi connectivity index (χ0v) is 13.4. The van der Waals surface area contributed by atoms with Crippen LogP contribution in [0.3, 0.4) is 0 Å². The van der Waals surface area contributed by atoms with Gasteiger partial charge in [0.25, 0.3) is 0 Å². The molecule has 1 aliphatic heterocycles. The lowest BCUT2D eigenvalue weighted by Gasteiger charge is -2.33. The second kappa shape index (κ2) is 6.60. The van der Waals surface area contributed by atoms with Crippen molar-refractivity contribution in [3.63, 3.8) is 0 Å². The molecule has 0 bridgehead atoms. The van der Waals surface area contributed by atoms with Gasteiger partial charge in [0.05, 0.1) is 6.20 Å². The van der Waals surface area contributed by atoms with Crippen LogP contribution < -0.4 is 10.2 Å². The van der Waals surface area contributed by atoms with Crippen molar-refractivity contribution in [2.75, 3.05) is 36.4 Å². The normalized spacial score (nSPS) is 14.7. The molecule has 2 heterocycles. The third-order valence-electron chi connectivity index (χ3n) is 3.96. The number of nitrogens with zero attached hydrogens (tertiary/aromatic N) is 5. The minimum Gasteiger partial charge on any atom is -0.352 e. The molecule has 0 radical (unpaired) electrons. The van der Waals surface area contributed by atoms with E-state index in [0.29, 0.717) is 19.0 Å². The van der Waals surface area contributed by atoms with E-state index in [9.17, 15) is 4.79 Å². The number of piperazine rings is 1. The first-order chi connectivity index (χ1) is 11.2. The van der Waals surface area contributed by atoms with Crippen LogP contribution in [-0.2, 0) is 4.79 Å². The van der Waals surface area contributed by atoms with E-state index in [1.807, 2.05) is 19.1 Å². The highest BCUT2D eigenvalue weighted by atomic mass is 16.1. The fraction of sp³-hybridized carbons (Fsp3) is 0.375. The molecule has 23 heavy (non-hydrogen) atoms. The van der Waals surface area contributed by atoms with Crippen LogP contribution in [0.1, 0.15) is 11.1 Å². The lowest BCUT2D eigenvalue weighted by molar-refractivity contribution is -0.118. The first-order valence-corrected chi connectivity index (χ1v) is 7.64. The molecular formula is C16H20N6O. The second-order valence-electron chi connectivity index (χ2n) is 5.71. The third kappa shape index (κ3) is 3.56. The molecule has 1 amide bonds. The number of aryl methyl sites for hydroxylation is 2. The van der Waals surface area contributed by atoms with Crippen molar-refractivity contribution in [3.8, 4) is 0 Å². The number of rotatable bonds is 4. The molecule has 1 fully saturated rings. The number of amides is 1. The predicted octanol–water partition coefficient (Wildman–Crippen LogP) is 1.51. The van der Waals surface area contributed by atoms with E-state index in [1.165, 1.54) is 5.56 Å². The first kappa shape index (κ1) is 15.2. The van der Waals surface area contributed by atoms with E-state index in [1.54, 1.807) is 11.1 Å². The van der Waals surface area contributed by atoms with Gasteiger partial charge >= 0.3 is 0 Å². The van der Waals surface area contributed by atoms with E-state index >= 15 is 0 Å². The van der Waals surface area contributed by atoms with Crippen LogP contribution in [0.5, 0.6) is 0 Å². The number of hydrogen-bond acceptors (Lipinski definition) is 6. The summed E-state index contributed by atoms with van der Waals surface area (Å²) >= 11 is 0. The fourth-order valence-corrected chi connectivity index (χ4v) is 2.63. The highest BCUT2D eigenvalue weighted by Gasteiger charge is 2.17. The molecule has 3 rings (SSSR count). The Balaban J connectivity index is 1.74. The zero-order valence-electron chi connectivity index (χ0n) is 13.4. The molecule has 7 heteroatoms. The second-order valence-corrected chi connectivity index (χ2v) is 5.71. The van der Waals surface area contributed by atoms with Crippen LogP contribution in [-0.4, -0.2) is 52.7 Å². The van der Waals surface area contributed by atoms with Crippen LogP contribution in [0, 0.1) is 13.8 Å². The van der Waals surface area contributed by atoms with Gasteiger partial charge in [-0.25, -0.2) is 0 Å². The van der Waals surface area contributed by atoms with Crippen molar-refractivity contribution < 1.29 is 4.79 Å². The number of carbonyl (C=O) groups is 1. The smallest absolute Gasteiger partial charge is 0.249 e. The van der Waals surface area contributed by atoms with Gasteiger partial charge in [-0.3, -0.25) is 4.79 Å². The summed E-state index contributed by atoms with van der Waals surface area (Å²) in [6.07, 6.45) is 2.55.